The minimum atomic E-state index is 0.565. The lowest BCUT2D eigenvalue weighted by Crippen LogP contribution is -1.92. The molecular weight excluding hydrogens is 301 g/mol. The van der Waals surface area contributed by atoms with Gasteiger partial charge in [-0.1, -0.05) is 54.5 Å². The highest BCUT2D eigenvalue weighted by Crippen LogP contribution is 2.23. The van der Waals surface area contributed by atoms with Gasteiger partial charge in [-0.2, -0.15) is 0 Å². The van der Waals surface area contributed by atoms with Gasteiger partial charge in [0.05, 0.1) is 5.02 Å². The van der Waals surface area contributed by atoms with Gasteiger partial charge in [-0.3, -0.25) is 0 Å². The zero-order valence-corrected chi connectivity index (χ0v) is 12.9. The summed E-state index contributed by atoms with van der Waals surface area (Å²) in [5, 5.41) is 11.0. The third-order valence-electron chi connectivity index (χ3n) is 2.32. The molecule has 0 N–H and O–H groups in total. The minimum absolute atomic E-state index is 0.565. The largest absolute Gasteiger partial charge is 0.231 e. The van der Waals surface area contributed by atoms with Crippen LogP contribution in [0.1, 0.15) is 24.4 Å². The van der Waals surface area contributed by atoms with Crippen LogP contribution in [0.25, 0.3) is 0 Å². The van der Waals surface area contributed by atoms with E-state index >= 15 is 0 Å². The summed E-state index contributed by atoms with van der Waals surface area (Å²) < 4.78 is 0. The number of nitrogens with zero attached hydrogens (tertiary/aromatic N) is 3. The Kier molecular flexibility index (Phi) is 4.91. The van der Waals surface area contributed by atoms with Crippen LogP contribution < -0.4 is 0 Å². The summed E-state index contributed by atoms with van der Waals surface area (Å²) in [7, 11) is 0. The van der Waals surface area contributed by atoms with Gasteiger partial charge in [0.25, 0.3) is 0 Å². The van der Waals surface area contributed by atoms with Crippen LogP contribution in [0.4, 0.5) is 5.13 Å². The second-order valence-corrected chi connectivity index (χ2v) is 6.38. The number of hydrogen-bond donors (Lipinski definition) is 0. The van der Waals surface area contributed by atoms with Crippen molar-refractivity contribution in [1.29, 1.82) is 0 Å². The normalized spacial score (nSPS) is 11.6. The molecule has 1 aromatic heterocycles. The molecule has 0 radical (unpaired) electrons. The fourth-order valence-electron chi connectivity index (χ4n) is 1.46. The lowest BCUT2D eigenvalue weighted by Gasteiger charge is -1.97. The Morgan fingerprint density at radius 1 is 1.32 bits per heavy atom. The number of rotatable bonds is 4. The molecular formula is C13H13Cl2N3S. The first-order valence-electron chi connectivity index (χ1n) is 5.86. The fourth-order valence-corrected chi connectivity index (χ4v) is 2.81. The van der Waals surface area contributed by atoms with Crippen molar-refractivity contribution in [3.05, 3.63) is 38.8 Å². The molecule has 3 nitrogen and oxygen atoms in total. The average molecular weight is 314 g/mol. The summed E-state index contributed by atoms with van der Waals surface area (Å²) in [5.41, 5.74) is 0.812. The number of aliphatic imine (C=N–C) groups is 1. The number of aromatic nitrogens is 2. The first kappa shape index (κ1) is 14.4. The zero-order valence-electron chi connectivity index (χ0n) is 10.6. The Labute approximate surface area is 126 Å². The van der Waals surface area contributed by atoms with Crippen molar-refractivity contribution in [3.8, 4) is 0 Å². The minimum Gasteiger partial charge on any atom is -0.226 e. The monoisotopic (exact) mass is 313 g/mol. The lowest BCUT2D eigenvalue weighted by atomic mass is 10.1. The Balaban J connectivity index is 2.11. The fraction of sp³-hybridized carbons (Fsp3) is 0.308. The molecule has 0 aliphatic rings. The summed E-state index contributed by atoms with van der Waals surface area (Å²) in [6.07, 6.45) is 2.60. The highest BCUT2D eigenvalue weighted by atomic mass is 35.5. The Bertz CT molecular complexity index is 593. The Morgan fingerprint density at radius 2 is 2.11 bits per heavy atom. The van der Waals surface area contributed by atoms with Crippen molar-refractivity contribution >= 4 is 45.9 Å². The molecule has 1 aromatic carbocycles. The Hall–Kier alpha value is -0.970. The number of hydrogen-bond acceptors (Lipinski definition) is 4. The van der Waals surface area contributed by atoms with E-state index in [1.165, 1.54) is 11.3 Å². The third kappa shape index (κ3) is 4.27. The van der Waals surface area contributed by atoms with E-state index in [9.17, 15) is 0 Å². The molecule has 0 unspecified atom stereocenters. The molecule has 0 saturated carbocycles. The lowest BCUT2D eigenvalue weighted by molar-refractivity contribution is 0.640. The van der Waals surface area contributed by atoms with Crippen molar-refractivity contribution in [2.75, 3.05) is 0 Å². The van der Waals surface area contributed by atoms with Gasteiger partial charge in [0.15, 0.2) is 0 Å². The standard InChI is InChI=1S/C13H13Cl2N3S/c1-8(2)5-12-17-18-13(19-12)16-7-9-3-4-10(14)6-11(9)15/h3-4,6-8H,5H2,1-2H3. The van der Waals surface area contributed by atoms with Crippen LogP contribution in [0.15, 0.2) is 23.2 Å². The van der Waals surface area contributed by atoms with Gasteiger partial charge in [0.2, 0.25) is 5.13 Å². The van der Waals surface area contributed by atoms with Gasteiger partial charge < -0.3 is 0 Å². The Morgan fingerprint density at radius 3 is 2.79 bits per heavy atom. The van der Waals surface area contributed by atoms with Crippen LogP contribution in [-0.4, -0.2) is 16.4 Å². The summed E-state index contributed by atoms with van der Waals surface area (Å²) in [6.45, 7) is 4.30. The molecule has 0 aliphatic heterocycles. The molecule has 2 aromatic rings. The van der Waals surface area contributed by atoms with Gasteiger partial charge in [0, 0.05) is 23.2 Å². The summed E-state index contributed by atoms with van der Waals surface area (Å²) >= 11 is 13.4. The molecule has 0 saturated heterocycles. The predicted molar refractivity (Wildman–Crippen MR) is 82.2 cm³/mol. The molecule has 1 heterocycles. The molecule has 0 aliphatic carbocycles. The van der Waals surface area contributed by atoms with E-state index in [2.05, 4.69) is 29.0 Å². The van der Waals surface area contributed by atoms with E-state index in [0.29, 0.717) is 21.1 Å². The zero-order chi connectivity index (χ0) is 13.8. The van der Waals surface area contributed by atoms with Gasteiger partial charge in [0.1, 0.15) is 5.01 Å². The average Bonchev–Trinajstić information content (AvgIpc) is 2.74. The second-order valence-electron chi connectivity index (χ2n) is 4.50. The topological polar surface area (TPSA) is 38.1 Å². The molecule has 19 heavy (non-hydrogen) atoms. The number of halogens is 2. The maximum absolute atomic E-state index is 6.06. The molecule has 100 valence electrons. The summed E-state index contributed by atoms with van der Waals surface area (Å²) in [6, 6.07) is 5.29. The highest BCUT2D eigenvalue weighted by molar-refractivity contribution is 7.14. The van der Waals surface area contributed by atoms with E-state index in [4.69, 9.17) is 23.2 Å². The molecule has 6 heteroatoms. The van der Waals surface area contributed by atoms with Gasteiger partial charge in [-0.05, 0) is 18.1 Å². The first-order valence-corrected chi connectivity index (χ1v) is 7.43. The van der Waals surface area contributed by atoms with Crippen molar-refractivity contribution in [2.24, 2.45) is 10.9 Å². The van der Waals surface area contributed by atoms with Crippen molar-refractivity contribution in [1.82, 2.24) is 10.2 Å². The van der Waals surface area contributed by atoms with Crippen molar-refractivity contribution in [2.45, 2.75) is 20.3 Å². The van der Waals surface area contributed by atoms with Gasteiger partial charge in [-0.15, -0.1) is 10.2 Å². The summed E-state index contributed by atoms with van der Waals surface area (Å²) in [5.74, 6) is 0.565. The van der Waals surface area contributed by atoms with E-state index in [1.54, 1.807) is 18.3 Å². The first-order chi connectivity index (χ1) is 9.04. The van der Waals surface area contributed by atoms with E-state index < -0.39 is 0 Å². The van der Waals surface area contributed by atoms with Gasteiger partial charge in [-0.25, -0.2) is 4.99 Å². The van der Waals surface area contributed by atoms with Crippen LogP contribution >= 0.6 is 34.5 Å². The highest BCUT2D eigenvalue weighted by Gasteiger charge is 2.05. The van der Waals surface area contributed by atoms with Crippen LogP contribution in [0.5, 0.6) is 0 Å². The smallest absolute Gasteiger partial charge is 0.226 e. The molecule has 0 amide bonds. The van der Waals surface area contributed by atoms with E-state index in [0.717, 1.165) is 17.0 Å². The van der Waals surface area contributed by atoms with Gasteiger partial charge >= 0.3 is 0 Å². The van der Waals surface area contributed by atoms with Crippen LogP contribution in [-0.2, 0) is 6.42 Å². The predicted octanol–water partition coefficient (Wildman–Crippen LogP) is 4.79. The van der Waals surface area contributed by atoms with Crippen molar-refractivity contribution < 1.29 is 0 Å². The quantitative estimate of drug-likeness (QED) is 0.761. The van der Waals surface area contributed by atoms with Crippen LogP contribution in [0.3, 0.4) is 0 Å². The third-order valence-corrected chi connectivity index (χ3v) is 3.73. The van der Waals surface area contributed by atoms with Crippen LogP contribution in [0, 0.1) is 5.92 Å². The number of benzene rings is 1. The SMILES string of the molecule is CC(C)Cc1nnc(N=Cc2ccc(Cl)cc2Cl)s1. The van der Waals surface area contributed by atoms with Crippen LogP contribution in [0.2, 0.25) is 10.0 Å². The molecule has 0 fully saturated rings. The van der Waals surface area contributed by atoms with E-state index in [-0.39, 0.29) is 0 Å². The molecule has 0 bridgehead atoms. The molecule has 2 rings (SSSR count). The summed E-state index contributed by atoms with van der Waals surface area (Å²) in [4.78, 5) is 4.29. The second kappa shape index (κ2) is 6.46. The molecule has 0 spiro atoms. The van der Waals surface area contributed by atoms with E-state index in [1.807, 2.05) is 6.07 Å². The maximum atomic E-state index is 6.06. The maximum Gasteiger partial charge on any atom is 0.231 e. The van der Waals surface area contributed by atoms with Crippen molar-refractivity contribution in [3.63, 3.8) is 0 Å². The molecule has 0 atom stereocenters.